The van der Waals surface area contributed by atoms with E-state index in [-0.39, 0.29) is 11.6 Å². The van der Waals surface area contributed by atoms with E-state index in [9.17, 15) is 9.59 Å². The molecule has 2 aromatic heterocycles. The molecule has 0 aromatic carbocycles. The van der Waals surface area contributed by atoms with E-state index in [1.807, 2.05) is 4.90 Å². The summed E-state index contributed by atoms with van der Waals surface area (Å²) in [6.07, 6.45) is 2.51. The number of aromatic nitrogens is 3. The molecule has 8 nitrogen and oxygen atoms in total. The van der Waals surface area contributed by atoms with Gasteiger partial charge in [0.25, 0.3) is 5.91 Å². The zero-order valence-corrected chi connectivity index (χ0v) is 12.7. The highest BCUT2D eigenvalue weighted by Crippen LogP contribution is 2.19. The first-order valence-corrected chi connectivity index (χ1v) is 7.90. The van der Waals surface area contributed by atoms with Crippen molar-refractivity contribution in [2.75, 3.05) is 39.4 Å². The summed E-state index contributed by atoms with van der Waals surface area (Å²) >= 11 is 0. The van der Waals surface area contributed by atoms with Gasteiger partial charge in [0.1, 0.15) is 0 Å². The molecule has 23 heavy (non-hydrogen) atoms. The van der Waals surface area contributed by atoms with Gasteiger partial charge in [-0.2, -0.15) is 0 Å². The van der Waals surface area contributed by atoms with E-state index in [4.69, 9.17) is 4.74 Å². The Morgan fingerprint density at radius 1 is 1.26 bits per heavy atom. The zero-order chi connectivity index (χ0) is 15.8. The summed E-state index contributed by atoms with van der Waals surface area (Å²) in [5.74, 6) is -0.0304. The SMILES string of the molecule is O=C(c1cnc2[nH]c(=O)[nH]c2c1)N1CCC(N2CCOCC2)C1. The summed E-state index contributed by atoms with van der Waals surface area (Å²) in [6.45, 7) is 4.90. The minimum Gasteiger partial charge on any atom is -0.379 e. The Morgan fingerprint density at radius 2 is 2.09 bits per heavy atom. The van der Waals surface area contributed by atoms with Crippen LogP contribution in [0.5, 0.6) is 0 Å². The summed E-state index contributed by atoms with van der Waals surface area (Å²) < 4.78 is 5.38. The minimum absolute atomic E-state index is 0.0304. The lowest BCUT2D eigenvalue weighted by Gasteiger charge is -2.32. The van der Waals surface area contributed by atoms with Crippen molar-refractivity contribution in [3.05, 3.63) is 28.3 Å². The number of likely N-dealkylation sites (tertiary alicyclic amines) is 1. The number of morpholine rings is 1. The van der Waals surface area contributed by atoms with Crippen molar-refractivity contribution in [1.82, 2.24) is 24.8 Å². The number of ether oxygens (including phenoxy) is 1. The van der Waals surface area contributed by atoms with Gasteiger partial charge in [-0.1, -0.05) is 0 Å². The molecule has 0 spiro atoms. The van der Waals surface area contributed by atoms with E-state index in [0.29, 0.717) is 22.8 Å². The molecular formula is C15H19N5O3. The number of carbonyl (C=O) groups excluding carboxylic acids is 1. The second-order valence-corrected chi connectivity index (χ2v) is 6.04. The van der Waals surface area contributed by atoms with Gasteiger partial charge in [0.05, 0.1) is 24.3 Å². The van der Waals surface area contributed by atoms with Gasteiger partial charge in [-0.15, -0.1) is 0 Å². The van der Waals surface area contributed by atoms with E-state index < -0.39 is 0 Å². The number of aromatic amines is 2. The van der Waals surface area contributed by atoms with E-state index in [2.05, 4.69) is 19.9 Å². The quantitative estimate of drug-likeness (QED) is 0.800. The lowest BCUT2D eigenvalue weighted by atomic mass is 10.2. The highest BCUT2D eigenvalue weighted by molar-refractivity contribution is 5.96. The molecule has 2 aliphatic heterocycles. The summed E-state index contributed by atoms with van der Waals surface area (Å²) in [5.41, 5.74) is 1.23. The molecule has 2 fully saturated rings. The summed E-state index contributed by atoms with van der Waals surface area (Å²) in [6, 6.07) is 2.09. The number of imidazole rings is 1. The fourth-order valence-electron chi connectivity index (χ4n) is 3.39. The van der Waals surface area contributed by atoms with Crippen LogP contribution in [0.25, 0.3) is 11.2 Å². The Hall–Kier alpha value is -2.19. The Morgan fingerprint density at radius 3 is 2.91 bits per heavy atom. The van der Waals surface area contributed by atoms with Crippen molar-refractivity contribution in [3.8, 4) is 0 Å². The van der Waals surface area contributed by atoms with E-state index in [1.54, 1.807) is 6.07 Å². The highest BCUT2D eigenvalue weighted by atomic mass is 16.5. The predicted octanol–water partition coefficient (Wildman–Crippen LogP) is -0.202. The minimum atomic E-state index is -0.314. The molecule has 122 valence electrons. The summed E-state index contributed by atoms with van der Waals surface area (Å²) in [4.78, 5) is 37.6. The van der Waals surface area contributed by atoms with Crippen LogP contribution in [0, 0.1) is 0 Å². The second-order valence-electron chi connectivity index (χ2n) is 6.04. The normalized spacial score (nSPS) is 22.8. The Kier molecular flexibility index (Phi) is 3.62. The molecule has 2 aliphatic rings. The molecule has 2 aromatic rings. The third-order valence-corrected chi connectivity index (χ3v) is 4.63. The van der Waals surface area contributed by atoms with E-state index in [1.165, 1.54) is 6.20 Å². The number of amides is 1. The van der Waals surface area contributed by atoms with Gasteiger partial charge in [0.2, 0.25) is 0 Å². The number of H-pyrrole nitrogens is 2. The van der Waals surface area contributed by atoms with Crippen molar-refractivity contribution in [2.24, 2.45) is 0 Å². The number of nitrogens with zero attached hydrogens (tertiary/aromatic N) is 3. The molecule has 0 radical (unpaired) electrons. The van der Waals surface area contributed by atoms with Crippen molar-refractivity contribution >= 4 is 17.1 Å². The van der Waals surface area contributed by atoms with Crippen LogP contribution in [-0.2, 0) is 4.74 Å². The summed E-state index contributed by atoms with van der Waals surface area (Å²) in [7, 11) is 0. The third-order valence-electron chi connectivity index (χ3n) is 4.63. The van der Waals surface area contributed by atoms with Crippen LogP contribution in [0.4, 0.5) is 0 Å². The van der Waals surface area contributed by atoms with Crippen molar-refractivity contribution in [2.45, 2.75) is 12.5 Å². The van der Waals surface area contributed by atoms with Crippen LogP contribution in [0.1, 0.15) is 16.8 Å². The summed E-state index contributed by atoms with van der Waals surface area (Å²) in [5, 5.41) is 0. The predicted molar refractivity (Wildman–Crippen MR) is 83.4 cm³/mol. The molecule has 4 rings (SSSR count). The average molecular weight is 317 g/mol. The van der Waals surface area contributed by atoms with Crippen molar-refractivity contribution < 1.29 is 9.53 Å². The van der Waals surface area contributed by atoms with Crippen LogP contribution in [0.2, 0.25) is 0 Å². The largest absolute Gasteiger partial charge is 0.379 e. The van der Waals surface area contributed by atoms with Crippen LogP contribution >= 0.6 is 0 Å². The number of carbonyl (C=O) groups is 1. The first-order chi connectivity index (χ1) is 11.2. The van der Waals surface area contributed by atoms with Crippen LogP contribution in [0.3, 0.4) is 0 Å². The number of fused-ring (bicyclic) bond motifs is 1. The van der Waals surface area contributed by atoms with Gasteiger partial charge in [-0.25, -0.2) is 9.78 Å². The maximum Gasteiger partial charge on any atom is 0.325 e. The first-order valence-electron chi connectivity index (χ1n) is 7.90. The molecule has 0 aliphatic carbocycles. The Balaban J connectivity index is 1.48. The zero-order valence-electron chi connectivity index (χ0n) is 12.7. The number of pyridine rings is 1. The lowest BCUT2D eigenvalue weighted by Crippen LogP contribution is -2.45. The molecule has 2 saturated heterocycles. The number of rotatable bonds is 2. The van der Waals surface area contributed by atoms with Crippen molar-refractivity contribution in [1.29, 1.82) is 0 Å². The molecule has 1 amide bonds. The van der Waals surface area contributed by atoms with Crippen LogP contribution < -0.4 is 5.69 Å². The highest BCUT2D eigenvalue weighted by Gasteiger charge is 2.31. The van der Waals surface area contributed by atoms with Gasteiger partial charge < -0.3 is 14.6 Å². The number of hydrogen-bond acceptors (Lipinski definition) is 5. The van der Waals surface area contributed by atoms with Crippen LogP contribution in [0.15, 0.2) is 17.1 Å². The van der Waals surface area contributed by atoms with Gasteiger partial charge in [0.15, 0.2) is 5.65 Å². The van der Waals surface area contributed by atoms with E-state index >= 15 is 0 Å². The monoisotopic (exact) mass is 317 g/mol. The molecule has 1 atom stereocenters. The van der Waals surface area contributed by atoms with E-state index in [0.717, 1.165) is 45.8 Å². The molecule has 1 unspecified atom stereocenters. The maximum atomic E-state index is 12.7. The average Bonchev–Trinajstić information content (AvgIpc) is 3.20. The molecule has 8 heteroatoms. The van der Waals surface area contributed by atoms with Gasteiger partial charge in [-0.3, -0.25) is 14.7 Å². The topological polar surface area (TPSA) is 94.3 Å². The molecule has 4 heterocycles. The third kappa shape index (κ3) is 2.75. The smallest absolute Gasteiger partial charge is 0.325 e. The Bertz CT molecular complexity index is 777. The fraction of sp³-hybridized carbons (Fsp3) is 0.533. The van der Waals surface area contributed by atoms with Crippen molar-refractivity contribution in [3.63, 3.8) is 0 Å². The molecular weight excluding hydrogens is 298 g/mol. The number of nitrogens with one attached hydrogen (secondary N) is 2. The number of hydrogen-bond donors (Lipinski definition) is 2. The first kappa shape index (κ1) is 14.4. The Labute approximate surface area is 132 Å². The standard InChI is InChI=1S/C15H19N5O3/c21-14(10-7-12-13(16-8-10)18-15(22)17-12)20-2-1-11(9-20)19-3-5-23-6-4-19/h7-8,11H,1-6,9H2,(H2,16,17,18,22). The molecule has 0 bridgehead atoms. The molecule has 2 N–H and O–H groups in total. The van der Waals surface area contributed by atoms with Gasteiger partial charge in [0, 0.05) is 38.4 Å². The van der Waals surface area contributed by atoms with Crippen LogP contribution in [-0.4, -0.2) is 76.1 Å². The molecule has 0 saturated carbocycles. The second kappa shape index (κ2) is 5.78. The fourth-order valence-corrected chi connectivity index (χ4v) is 3.39. The lowest BCUT2D eigenvalue weighted by molar-refractivity contribution is 0.0185. The maximum absolute atomic E-state index is 12.7. The van der Waals surface area contributed by atoms with Gasteiger partial charge in [-0.05, 0) is 12.5 Å². The van der Waals surface area contributed by atoms with Gasteiger partial charge >= 0.3 is 5.69 Å².